The summed E-state index contributed by atoms with van der Waals surface area (Å²) in [6, 6.07) is 2.00. The molecule has 1 aliphatic heterocycles. The van der Waals surface area contributed by atoms with Crippen LogP contribution < -0.4 is 10.6 Å². The van der Waals surface area contributed by atoms with E-state index in [2.05, 4.69) is 35.5 Å². The fraction of sp³-hybridized carbons (Fsp3) is 0.500. The van der Waals surface area contributed by atoms with Crippen molar-refractivity contribution in [2.75, 3.05) is 18.4 Å². The van der Waals surface area contributed by atoms with Gasteiger partial charge >= 0.3 is 0 Å². The molecular weight excluding hydrogens is 244 g/mol. The standard InChI is InChI=1S/C12H16N6O/c1-7-11(18-19-17-7)6-14-12-3-10(9-4-13-5-9)15-8(2)16-12/h3,9,13H,4-6H2,1-2H3,(H,14,15,16). The third-order valence-corrected chi connectivity index (χ3v) is 3.24. The number of rotatable bonds is 4. The Hall–Kier alpha value is -2.02. The summed E-state index contributed by atoms with van der Waals surface area (Å²) in [6.45, 7) is 6.30. The summed E-state index contributed by atoms with van der Waals surface area (Å²) in [4.78, 5) is 8.86. The van der Waals surface area contributed by atoms with E-state index in [4.69, 9.17) is 0 Å². The van der Waals surface area contributed by atoms with Crippen LogP contribution in [0.3, 0.4) is 0 Å². The Morgan fingerprint density at radius 3 is 2.79 bits per heavy atom. The van der Waals surface area contributed by atoms with Gasteiger partial charge in [-0.2, -0.15) is 0 Å². The van der Waals surface area contributed by atoms with E-state index in [0.717, 1.165) is 41.8 Å². The van der Waals surface area contributed by atoms with E-state index < -0.39 is 0 Å². The lowest BCUT2D eigenvalue weighted by molar-refractivity contribution is 0.301. The number of hydrogen-bond donors (Lipinski definition) is 2. The van der Waals surface area contributed by atoms with Gasteiger partial charge in [0.1, 0.15) is 23.0 Å². The minimum atomic E-state index is 0.498. The van der Waals surface area contributed by atoms with Crippen LogP contribution in [0.2, 0.25) is 0 Å². The fourth-order valence-electron chi connectivity index (χ4n) is 1.97. The molecule has 7 nitrogen and oxygen atoms in total. The third-order valence-electron chi connectivity index (χ3n) is 3.24. The minimum absolute atomic E-state index is 0.498. The first kappa shape index (κ1) is 12.0. The molecule has 1 aliphatic rings. The van der Waals surface area contributed by atoms with Crippen molar-refractivity contribution in [3.63, 3.8) is 0 Å². The molecule has 0 atom stereocenters. The fourth-order valence-corrected chi connectivity index (χ4v) is 1.97. The molecule has 2 N–H and O–H groups in total. The molecule has 0 aliphatic carbocycles. The summed E-state index contributed by atoms with van der Waals surface area (Å²) in [5.74, 6) is 2.09. The van der Waals surface area contributed by atoms with Crippen LogP contribution in [0.4, 0.5) is 5.82 Å². The molecule has 2 aromatic rings. The molecule has 1 saturated heterocycles. The first-order chi connectivity index (χ1) is 9.22. The van der Waals surface area contributed by atoms with Gasteiger partial charge in [0.05, 0.1) is 12.2 Å². The highest BCUT2D eigenvalue weighted by Crippen LogP contribution is 2.20. The average Bonchev–Trinajstić information content (AvgIpc) is 2.69. The van der Waals surface area contributed by atoms with Crippen molar-refractivity contribution in [2.24, 2.45) is 0 Å². The summed E-state index contributed by atoms with van der Waals surface area (Å²) >= 11 is 0. The molecule has 0 bridgehead atoms. The van der Waals surface area contributed by atoms with Crippen LogP contribution in [0.1, 0.15) is 28.8 Å². The Balaban J connectivity index is 1.73. The molecule has 3 heterocycles. The summed E-state index contributed by atoms with van der Waals surface area (Å²) in [7, 11) is 0. The normalized spacial score (nSPS) is 15.3. The van der Waals surface area contributed by atoms with Gasteiger partial charge in [-0.15, -0.1) is 0 Å². The van der Waals surface area contributed by atoms with Gasteiger partial charge < -0.3 is 10.6 Å². The van der Waals surface area contributed by atoms with E-state index in [1.54, 1.807) is 0 Å². The molecule has 0 amide bonds. The summed E-state index contributed by atoms with van der Waals surface area (Å²) in [5, 5.41) is 14.1. The highest BCUT2D eigenvalue weighted by Gasteiger charge is 2.21. The number of aromatic nitrogens is 4. The molecule has 2 aromatic heterocycles. The lowest BCUT2D eigenvalue weighted by Crippen LogP contribution is -2.40. The Bertz CT molecular complexity index is 577. The van der Waals surface area contributed by atoms with E-state index in [1.165, 1.54) is 0 Å². The first-order valence-corrected chi connectivity index (χ1v) is 6.30. The maximum atomic E-state index is 4.66. The lowest BCUT2D eigenvalue weighted by atomic mass is 9.99. The summed E-state index contributed by atoms with van der Waals surface area (Å²) < 4.78 is 4.66. The highest BCUT2D eigenvalue weighted by atomic mass is 16.6. The van der Waals surface area contributed by atoms with E-state index in [-0.39, 0.29) is 0 Å². The Morgan fingerprint density at radius 2 is 2.16 bits per heavy atom. The van der Waals surface area contributed by atoms with Crippen molar-refractivity contribution >= 4 is 5.82 Å². The van der Waals surface area contributed by atoms with Crippen LogP contribution in [-0.2, 0) is 6.54 Å². The molecule has 100 valence electrons. The highest BCUT2D eigenvalue weighted by molar-refractivity contribution is 5.38. The van der Waals surface area contributed by atoms with Gasteiger partial charge in [0.2, 0.25) is 0 Å². The zero-order valence-electron chi connectivity index (χ0n) is 11.0. The second-order valence-corrected chi connectivity index (χ2v) is 4.73. The molecule has 1 fully saturated rings. The van der Waals surface area contributed by atoms with Gasteiger partial charge in [-0.1, -0.05) is 10.3 Å². The van der Waals surface area contributed by atoms with Crippen LogP contribution in [-0.4, -0.2) is 33.4 Å². The lowest BCUT2D eigenvalue weighted by Gasteiger charge is -2.26. The van der Waals surface area contributed by atoms with Crippen LogP contribution >= 0.6 is 0 Å². The van der Waals surface area contributed by atoms with Gasteiger partial charge in [-0.05, 0) is 13.8 Å². The largest absolute Gasteiger partial charge is 0.364 e. The molecule has 0 aromatic carbocycles. The van der Waals surface area contributed by atoms with Crippen LogP contribution in [0.5, 0.6) is 0 Å². The molecule has 3 rings (SSSR count). The molecule has 7 heteroatoms. The van der Waals surface area contributed by atoms with Crippen molar-refractivity contribution in [1.82, 2.24) is 25.6 Å². The smallest absolute Gasteiger partial charge is 0.130 e. The minimum Gasteiger partial charge on any atom is -0.364 e. The van der Waals surface area contributed by atoms with Crippen LogP contribution in [0.15, 0.2) is 10.7 Å². The van der Waals surface area contributed by atoms with Gasteiger partial charge in [-0.3, -0.25) is 0 Å². The van der Waals surface area contributed by atoms with Gasteiger partial charge in [0.25, 0.3) is 0 Å². The Morgan fingerprint density at radius 1 is 1.32 bits per heavy atom. The zero-order chi connectivity index (χ0) is 13.2. The first-order valence-electron chi connectivity index (χ1n) is 6.30. The number of nitrogens with one attached hydrogen (secondary N) is 2. The van der Waals surface area contributed by atoms with Crippen LogP contribution in [0, 0.1) is 13.8 Å². The maximum Gasteiger partial charge on any atom is 0.130 e. The van der Waals surface area contributed by atoms with E-state index in [9.17, 15) is 0 Å². The predicted octanol–water partition coefficient (Wildman–Crippen LogP) is 0.775. The maximum absolute atomic E-state index is 4.66. The topological polar surface area (TPSA) is 88.8 Å². The Labute approximate surface area is 110 Å². The monoisotopic (exact) mass is 260 g/mol. The van der Waals surface area contributed by atoms with Crippen molar-refractivity contribution in [2.45, 2.75) is 26.3 Å². The average molecular weight is 260 g/mol. The van der Waals surface area contributed by atoms with Gasteiger partial charge in [-0.25, -0.2) is 14.6 Å². The molecule has 0 saturated carbocycles. The van der Waals surface area contributed by atoms with Crippen molar-refractivity contribution in [3.8, 4) is 0 Å². The van der Waals surface area contributed by atoms with Crippen molar-refractivity contribution in [3.05, 3.63) is 29.0 Å². The van der Waals surface area contributed by atoms with E-state index in [0.29, 0.717) is 12.5 Å². The molecule has 19 heavy (non-hydrogen) atoms. The number of hydrogen-bond acceptors (Lipinski definition) is 7. The molecular formula is C12H16N6O. The predicted molar refractivity (Wildman–Crippen MR) is 68.7 cm³/mol. The van der Waals surface area contributed by atoms with Crippen molar-refractivity contribution in [1.29, 1.82) is 0 Å². The summed E-state index contributed by atoms with van der Waals surface area (Å²) in [5.41, 5.74) is 2.67. The summed E-state index contributed by atoms with van der Waals surface area (Å²) in [6.07, 6.45) is 0. The molecule has 0 unspecified atom stereocenters. The second kappa shape index (κ2) is 4.93. The van der Waals surface area contributed by atoms with Gasteiger partial charge in [0, 0.05) is 25.1 Å². The van der Waals surface area contributed by atoms with Crippen LogP contribution in [0.25, 0.3) is 0 Å². The zero-order valence-corrected chi connectivity index (χ0v) is 11.0. The van der Waals surface area contributed by atoms with Gasteiger partial charge in [0.15, 0.2) is 0 Å². The number of anilines is 1. The van der Waals surface area contributed by atoms with Crippen molar-refractivity contribution < 1.29 is 4.63 Å². The third kappa shape index (κ3) is 2.55. The SMILES string of the molecule is Cc1nc(NCc2nonc2C)cc(C2CNC2)n1. The second-order valence-electron chi connectivity index (χ2n) is 4.73. The molecule has 0 radical (unpaired) electrons. The molecule has 0 spiro atoms. The number of aryl methyl sites for hydroxylation is 2. The number of nitrogens with zero attached hydrogens (tertiary/aromatic N) is 4. The van der Waals surface area contributed by atoms with E-state index >= 15 is 0 Å². The van der Waals surface area contributed by atoms with E-state index in [1.807, 2.05) is 19.9 Å². The quantitative estimate of drug-likeness (QED) is 0.839. The Kier molecular flexibility index (Phi) is 3.12.